The minimum absolute atomic E-state index is 0.319. The van der Waals surface area contributed by atoms with E-state index in [1.54, 1.807) is 0 Å². The van der Waals surface area contributed by atoms with Crippen LogP contribution in [0, 0.1) is 13.8 Å². The van der Waals surface area contributed by atoms with Gasteiger partial charge in [0.25, 0.3) is 0 Å². The molecule has 0 heterocycles. The average Bonchev–Trinajstić information content (AvgIpc) is 2.37. The Hall–Kier alpha value is -1.32. The molecule has 0 fully saturated rings. The van der Waals surface area contributed by atoms with E-state index in [4.69, 9.17) is 4.74 Å². The van der Waals surface area contributed by atoms with Crippen molar-refractivity contribution in [3.05, 3.63) is 57.6 Å². The minimum Gasteiger partial charge on any atom is -0.457 e. The molecule has 0 saturated carbocycles. The Bertz CT molecular complexity index is 604. The van der Waals surface area contributed by atoms with Crippen LogP contribution in [-0.2, 0) is 0 Å². The predicted octanol–water partition coefficient (Wildman–Crippen LogP) is 5.53. The molecule has 2 aromatic carbocycles. The van der Waals surface area contributed by atoms with Gasteiger partial charge in [0.1, 0.15) is 11.5 Å². The van der Waals surface area contributed by atoms with Crippen LogP contribution in [-0.4, -0.2) is 6.54 Å². The van der Waals surface area contributed by atoms with Gasteiger partial charge in [-0.3, -0.25) is 0 Å². The molecule has 2 rings (SSSR count). The molecule has 0 aliphatic rings. The quantitative estimate of drug-likeness (QED) is 0.767. The first-order valence-corrected chi connectivity index (χ1v) is 8.08. The van der Waals surface area contributed by atoms with Gasteiger partial charge in [0.05, 0.1) is 0 Å². The number of nitrogens with one attached hydrogen (secondary N) is 1. The van der Waals surface area contributed by atoms with E-state index in [0.717, 1.165) is 22.5 Å². The van der Waals surface area contributed by atoms with E-state index in [1.807, 2.05) is 12.1 Å². The van der Waals surface area contributed by atoms with Gasteiger partial charge in [0.2, 0.25) is 0 Å². The number of halogens is 1. The largest absolute Gasteiger partial charge is 0.457 e. The van der Waals surface area contributed by atoms with Crippen molar-refractivity contribution in [2.24, 2.45) is 0 Å². The zero-order valence-electron chi connectivity index (χ0n) is 13.0. The highest BCUT2D eigenvalue weighted by atomic mass is 79.9. The summed E-state index contributed by atoms with van der Waals surface area (Å²) >= 11 is 3.64. The third kappa shape index (κ3) is 4.32. The third-order valence-corrected chi connectivity index (χ3v) is 4.07. The lowest BCUT2D eigenvalue weighted by molar-refractivity contribution is 0.480. The van der Waals surface area contributed by atoms with Crippen molar-refractivity contribution in [1.82, 2.24) is 5.32 Å². The molecule has 1 N–H and O–H groups in total. The average molecular weight is 348 g/mol. The molecule has 0 aliphatic carbocycles. The maximum Gasteiger partial charge on any atom is 0.128 e. The Labute approximate surface area is 135 Å². The molecular weight excluding hydrogens is 326 g/mol. The summed E-state index contributed by atoms with van der Waals surface area (Å²) in [6.45, 7) is 9.39. The number of aryl methyl sites for hydroxylation is 2. The Morgan fingerprint density at radius 3 is 2.29 bits per heavy atom. The zero-order valence-corrected chi connectivity index (χ0v) is 14.6. The van der Waals surface area contributed by atoms with Crippen LogP contribution in [0.4, 0.5) is 0 Å². The molecule has 0 bridgehead atoms. The second kappa shape index (κ2) is 7.10. The lowest BCUT2D eigenvalue weighted by Crippen LogP contribution is -2.17. The van der Waals surface area contributed by atoms with Gasteiger partial charge in [0, 0.05) is 10.5 Å². The lowest BCUT2D eigenvalue weighted by atomic mass is 10.1. The van der Waals surface area contributed by atoms with E-state index in [1.165, 1.54) is 16.7 Å². The number of ether oxygens (including phenoxy) is 1. The zero-order chi connectivity index (χ0) is 15.4. The molecule has 0 aromatic heterocycles. The molecule has 0 amide bonds. The summed E-state index contributed by atoms with van der Waals surface area (Å²) in [5.41, 5.74) is 3.66. The van der Waals surface area contributed by atoms with Gasteiger partial charge >= 0.3 is 0 Å². The van der Waals surface area contributed by atoms with Gasteiger partial charge in [-0.1, -0.05) is 35.0 Å². The highest BCUT2D eigenvalue weighted by Gasteiger charge is 2.09. The van der Waals surface area contributed by atoms with Crippen LogP contribution < -0.4 is 10.1 Å². The van der Waals surface area contributed by atoms with Crippen molar-refractivity contribution >= 4 is 15.9 Å². The Kier molecular flexibility index (Phi) is 5.43. The summed E-state index contributed by atoms with van der Waals surface area (Å²) in [4.78, 5) is 0. The fraction of sp³-hybridized carbons (Fsp3) is 0.333. The smallest absolute Gasteiger partial charge is 0.128 e. The number of rotatable bonds is 5. The molecule has 0 radical (unpaired) electrons. The summed E-state index contributed by atoms with van der Waals surface area (Å²) in [6, 6.07) is 12.7. The van der Waals surface area contributed by atoms with E-state index in [2.05, 4.69) is 73.2 Å². The monoisotopic (exact) mass is 347 g/mol. The highest BCUT2D eigenvalue weighted by Crippen LogP contribution is 2.30. The van der Waals surface area contributed by atoms with Gasteiger partial charge in [-0.05, 0) is 68.3 Å². The number of hydrogen-bond acceptors (Lipinski definition) is 2. The molecule has 0 aliphatic heterocycles. The van der Waals surface area contributed by atoms with Gasteiger partial charge in [0.15, 0.2) is 0 Å². The lowest BCUT2D eigenvalue weighted by Gasteiger charge is -2.16. The molecule has 1 unspecified atom stereocenters. The molecule has 0 saturated heterocycles. The van der Waals surface area contributed by atoms with Crippen molar-refractivity contribution in [3.8, 4) is 11.5 Å². The van der Waals surface area contributed by atoms with Crippen LogP contribution in [0.3, 0.4) is 0 Å². The number of benzene rings is 2. The molecule has 1 atom stereocenters. The second-order valence-electron chi connectivity index (χ2n) is 5.39. The Morgan fingerprint density at radius 1 is 1.05 bits per heavy atom. The van der Waals surface area contributed by atoms with Gasteiger partial charge in [-0.15, -0.1) is 0 Å². The number of hydrogen-bond donors (Lipinski definition) is 1. The Morgan fingerprint density at radius 2 is 1.71 bits per heavy atom. The van der Waals surface area contributed by atoms with Crippen molar-refractivity contribution in [3.63, 3.8) is 0 Å². The van der Waals surface area contributed by atoms with Crippen LogP contribution in [0.1, 0.15) is 36.6 Å². The summed E-state index contributed by atoms with van der Waals surface area (Å²) in [5.74, 6) is 1.73. The maximum absolute atomic E-state index is 5.97. The van der Waals surface area contributed by atoms with E-state index < -0.39 is 0 Å². The maximum atomic E-state index is 5.97. The summed E-state index contributed by atoms with van der Waals surface area (Å²) in [7, 11) is 0. The second-order valence-corrected chi connectivity index (χ2v) is 6.24. The topological polar surface area (TPSA) is 21.3 Å². The normalized spacial score (nSPS) is 12.2. The highest BCUT2D eigenvalue weighted by molar-refractivity contribution is 9.10. The first kappa shape index (κ1) is 16.1. The van der Waals surface area contributed by atoms with Crippen molar-refractivity contribution < 1.29 is 4.74 Å². The predicted molar refractivity (Wildman–Crippen MR) is 92.2 cm³/mol. The first-order chi connectivity index (χ1) is 9.99. The van der Waals surface area contributed by atoms with Crippen LogP contribution in [0.5, 0.6) is 11.5 Å². The summed E-state index contributed by atoms with van der Waals surface area (Å²) in [5, 5.41) is 3.42. The van der Waals surface area contributed by atoms with Crippen molar-refractivity contribution in [2.75, 3.05) is 6.54 Å². The van der Waals surface area contributed by atoms with Gasteiger partial charge in [-0.2, -0.15) is 0 Å². The third-order valence-electron chi connectivity index (χ3n) is 3.38. The van der Waals surface area contributed by atoms with E-state index in [9.17, 15) is 0 Å². The van der Waals surface area contributed by atoms with E-state index in [0.29, 0.717) is 6.04 Å². The minimum atomic E-state index is 0.319. The van der Waals surface area contributed by atoms with Gasteiger partial charge < -0.3 is 10.1 Å². The molecular formula is C18H22BrNO. The standard InChI is InChI=1S/C18H22BrNO/c1-5-20-14(4)17-7-6-15(11-18(17)19)21-16-9-12(2)8-13(3)10-16/h6-11,14,20H,5H2,1-4H3. The molecule has 2 nitrogen and oxygen atoms in total. The SMILES string of the molecule is CCNC(C)c1ccc(Oc2cc(C)cc(C)c2)cc1Br. The fourth-order valence-corrected chi connectivity index (χ4v) is 3.17. The first-order valence-electron chi connectivity index (χ1n) is 7.28. The van der Waals surface area contributed by atoms with Crippen LogP contribution in [0.25, 0.3) is 0 Å². The molecule has 0 spiro atoms. The van der Waals surface area contributed by atoms with Crippen LogP contribution >= 0.6 is 15.9 Å². The van der Waals surface area contributed by atoms with E-state index in [-0.39, 0.29) is 0 Å². The Balaban J connectivity index is 2.20. The van der Waals surface area contributed by atoms with Gasteiger partial charge in [-0.25, -0.2) is 0 Å². The van der Waals surface area contributed by atoms with Crippen molar-refractivity contribution in [1.29, 1.82) is 0 Å². The van der Waals surface area contributed by atoms with Crippen LogP contribution in [0.2, 0.25) is 0 Å². The summed E-state index contributed by atoms with van der Waals surface area (Å²) < 4.78 is 7.03. The van der Waals surface area contributed by atoms with E-state index >= 15 is 0 Å². The molecule has 112 valence electrons. The fourth-order valence-electron chi connectivity index (χ4n) is 2.47. The molecule has 2 aromatic rings. The molecule has 3 heteroatoms. The van der Waals surface area contributed by atoms with Crippen molar-refractivity contribution in [2.45, 2.75) is 33.7 Å². The van der Waals surface area contributed by atoms with Crippen LogP contribution in [0.15, 0.2) is 40.9 Å². The molecule has 21 heavy (non-hydrogen) atoms. The summed E-state index contributed by atoms with van der Waals surface area (Å²) in [6.07, 6.45) is 0.